The molecule has 2 rings (SSSR count). The summed E-state index contributed by atoms with van der Waals surface area (Å²) in [5, 5.41) is 16.7. The molecule has 0 spiro atoms. The van der Waals surface area contributed by atoms with E-state index in [2.05, 4.69) is 26.3 Å². The summed E-state index contributed by atoms with van der Waals surface area (Å²) in [5.41, 5.74) is 0.600. The molecule has 0 atom stereocenters. The number of hydrogen-bond acceptors (Lipinski definition) is 5. The standard InChI is InChI=1S/C13H21BrN4O2/c1-17(2)3-4-18-13(20)12(14)11(8-16-18)15-7-9-5-10(19)6-9/h8-10,15,19H,3-7H2,1-2H3. The normalized spacial score (nSPS) is 21.9. The fourth-order valence-electron chi connectivity index (χ4n) is 2.16. The molecule has 7 heteroatoms. The van der Waals surface area contributed by atoms with Gasteiger partial charge in [-0.15, -0.1) is 0 Å². The van der Waals surface area contributed by atoms with E-state index in [0.717, 1.165) is 31.6 Å². The Hall–Kier alpha value is -0.920. The van der Waals surface area contributed by atoms with Gasteiger partial charge < -0.3 is 15.3 Å². The van der Waals surface area contributed by atoms with Gasteiger partial charge in [-0.1, -0.05) is 0 Å². The maximum atomic E-state index is 12.1. The third-order valence-electron chi connectivity index (χ3n) is 3.54. The number of aliphatic hydroxyl groups is 1. The molecule has 20 heavy (non-hydrogen) atoms. The van der Waals surface area contributed by atoms with Gasteiger partial charge in [0.15, 0.2) is 0 Å². The molecular weight excluding hydrogens is 324 g/mol. The van der Waals surface area contributed by atoms with Crippen LogP contribution in [0.2, 0.25) is 0 Å². The third-order valence-corrected chi connectivity index (χ3v) is 4.30. The second-order valence-corrected chi connectivity index (χ2v) is 6.37. The number of halogens is 1. The van der Waals surface area contributed by atoms with Gasteiger partial charge in [0, 0.05) is 13.1 Å². The topological polar surface area (TPSA) is 70.4 Å². The second kappa shape index (κ2) is 6.69. The van der Waals surface area contributed by atoms with Crippen LogP contribution in [0.4, 0.5) is 5.69 Å². The molecule has 112 valence electrons. The van der Waals surface area contributed by atoms with E-state index >= 15 is 0 Å². The van der Waals surface area contributed by atoms with Crippen LogP contribution in [0.1, 0.15) is 12.8 Å². The van der Waals surface area contributed by atoms with E-state index in [-0.39, 0.29) is 11.7 Å². The van der Waals surface area contributed by atoms with Crippen molar-refractivity contribution in [3.05, 3.63) is 21.0 Å². The van der Waals surface area contributed by atoms with Gasteiger partial charge in [0.25, 0.3) is 5.56 Å². The summed E-state index contributed by atoms with van der Waals surface area (Å²) in [6.07, 6.45) is 3.19. The Kier molecular flexibility index (Phi) is 5.17. The van der Waals surface area contributed by atoms with Gasteiger partial charge in [-0.25, -0.2) is 4.68 Å². The molecule has 0 unspecified atom stereocenters. The second-order valence-electron chi connectivity index (χ2n) is 5.58. The molecule has 1 aromatic rings. The number of nitrogens with zero attached hydrogens (tertiary/aromatic N) is 3. The van der Waals surface area contributed by atoms with Crippen molar-refractivity contribution in [2.24, 2.45) is 5.92 Å². The molecule has 1 heterocycles. The van der Waals surface area contributed by atoms with E-state index in [1.165, 1.54) is 4.68 Å². The van der Waals surface area contributed by atoms with Crippen LogP contribution in [0.25, 0.3) is 0 Å². The molecular formula is C13H21BrN4O2. The summed E-state index contributed by atoms with van der Waals surface area (Å²) in [6.45, 7) is 2.10. The highest BCUT2D eigenvalue weighted by molar-refractivity contribution is 9.10. The zero-order valence-corrected chi connectivity index (χ0v) is 13.4. The SMILES string of the molecule is CN(C)CCn1ncc(NCC2CC(O)C2)c(Br)c1=O. The van der Waals surface area contributed by atoms with Gasteiger partial charge in [-0.3, -0.25) is 4.79 Å². The lowest BCUT2D eigenvalue weighted by Gasteiger charge is -2.31. The maximum Gasteiger partial charge on any atom is 0.283 e. The summed E-state index contributed by atoms with van der Waals surface area (Å²) in [4.78, 5) is 14.1. The average Bonchev–Trinajstić information content (AvgIpc) is 2.36. The Morgan fingerprint density at radius 2 is 2.25 bits per heavy atom. The fraction of sp³-hybridized carbons (Fsp3) is 0.692. The molecule has 6 nitrogen and oxygen atoms in total. The predicted octanol–water partition coefficient (Wildman–Crippen LogP) is 0.750. The van der Waals surface area contributed by atoms with Gasteiger partial charge in [0.1, 0.15) is 4.47 Å². The number of hydrogen-bond donors (Lipinski definition) is 2. The number of rotatable bonds is 6. The predicted molar refractivity (Wildman–Crippen MR) is 82.0 cm³/mol. The molecule has 1 aromatic heterocycles. The van der Waals surface area contributed by atoms with Gasteiger partial charge >= 0.3 is 0 Å². The van der Waals surface area contributed by atoms with Crippen molar-refractivity contribution < 1.29 is 5.11 Å². The third kappa shape index (κ3) is 3.80. The first-order valence-electron chi connectivity index (χ1n) is 6.79. The lowest BCUT2D eigenvalue weighted by atomic mass is 9.82. The molecule has 0 aliphatic heterocycles. The minimum atomic E-state index is -0.151. The Labute approximate surface area is 126 Å². The first kappa shape index (κ1) is 15.5. The van der Waals surface area contributed by atoms with Crippen LogP contribution in [0.5, 0.6) is 0 Å². The monoisotopic (exact) mass is 344 g/mol. The minimum absolute atomic E-state index is 0.120. The van der Waals surface area contributed by atoms with E-state index in [4.69, 9.17) is 0 Å². The number of aliphatic hydroxyl groups excluding tert-OH is 1. The van der Waals surface area contributed by atoms with Crippen molar-refractivity contribution in [2.45, 2.75) is 25.5 Å². The van der Waals surface area contributed by atoms with Crippen molar-refractivity contribution in [3.63, 3.8) is 0 Å². The summed E-state index contributed by atoms with van der Waals surface area (Å²) < 4.78 is 1.98. The molecule has 0 saturated heterocycles. The quantitative estimate of drug-likeness (QED) is 0.796. The lowest BCUT2D eigenvalue weighted by Crippen LogP contribution is -2.34. The maximum absolute atomic E-state index is 12.1. The Morgan fingerprint density at radius 3 is 2.85 bits per heavy atom. The van der Waals surface area contributed by atoms with E-state index in [1.54, 1.807) is 6.20 Å². The number of nitrogens with one attached hydrogen (secondary N) is 1. The molecule has 2 N–H and O–H groups in total. The fourth-order valence-corrected chi connectivity index (χ4v) is 2.61. The summed E-state index contributed by atoms with van der Waals surface area (Å²) >= 11 is 3.34. The molecule has 1 aliphatic rings. The largest absolute Gasteiger partial charge is 0.393 e. The average molecular weight is 345 g/mol. The first-order valence-corrected chi connectivity index (χ1v) is 7.59. The smallest absolute Gasteiger partial charge is 0.283 e. The highest BCUT2D eigenvalue weighted by Gasteiger charge is 2.26. The highest BCUT2D eigenvalue weighted by Crippen LogP contribution is 2.27. The van der Waals surface area contributed by atoms with Crippen molar-refractivity contribution in [2.75, 3.05) is 32.5 Å². The van der Waals surface area contributed by atoms with Crippen LogP contribution in [0, 0.1) is 5.92 Å². The Bertz CT molecular complexity index is 512. The van der Waals surface area contributed by atoms with Crippen LogP contribution in [-0.4, -0.2) is 53.1 Å². The molecule has 0 bridgehead atoms. The van der Waals surface area contributed by atoms with Gasteiger partial charge in [-0.2, -0.15) is 5.10 Å². The van der Waals surface area contributed by atoms with Crippen molar-refractivity contribution in [1.82, 2.24) is 14.7 Å². The zero-order chi connectivity index (χ0) is 14.7. The number of aromatic nitrogens is 2. The highest BCUT2D eigenvalue weighted by atomic mass is 79.9. The summed E-state index contributed by atoms with van der Waals surface area (Å²) in [5.74, 6) is 0.480. The van der Waals surface area contributed by atoms with Crippen molar-refractivity contribution >= 4 is 21.6 Å². The molecule has 0 amide bonds. The molecule has 0 aromatic carbocycles. The molecule has 1 saturated carbocycles. The molecule has 1 aliphatic carbocycles. The van der Waals surface area contributed by atoms with E-state index in [0.29, 0.717) is 16.9 Å². The van der Waals surface area contributed by atoms with Gasteiger partial charge in [0.2, 0.25) is 0 Å². The lowest BCUT2D eigenvalue weighted by molar-refractivity contribution is 0.0487. The first-order chi connectivity index (χ1) is 9.47. The van der Waals surface area contributed by atoms with E-state index in [9.17, 15) is 9.90 Å². The minimum Gasteiger partial charge on any atom is -0.393 e. The molecule has 0 radical (unpaired) electrons. The zero-order valence-electron chi connectivity index (χ0n) is 11.8. The van der Waals surface area contributed by atoms with E-state index in [1.807, 2.05) is 19.0 Å². The summed E-state index contributed by atoms with van der Waals surface area (Å²) in [6, 6.07) is 0. The van der Waals surface area contributed by atoms with Crippen LogP contribution < -0.4 is 10.9 Å². The van der Waals surface area contributed by atoms with Crippen LogP contribution in [-0.2, 0) is 6.54 Å². The Balaban J connectivity index is 1.97. The molecule has 1 fully saturated rings. The number of likely N-dealkylation sites (N-methyl/N-ethyl adjacent to an activating group) is 1. The van der Waals surface area contributed by atoms with Crippen LogP contribution in [0.3, 0.4) is 0 Å². The van der Waals surface area contributed by atoms with Crippen molar-refractivity contribution in [1.29, 1.82) is 0 Å². The summed E-state index contributed by atoms with van der Waals surface area (Å²) in [7, 11) is 3.92. The van der Waals surface area contributed by atoms with Crippen LogP contribution in [0.15, 0.2) is 15.5 Å². The van der Waals surface area contributed by atoms with Crippen molar-refractivity contribution in [3.8, 4) is 0 Å². The van der Waals surface area contributed by atoms with Gasteiger partial charge in [-0.05, 0) is 48.8 Å². The van der Waals surface area contributed by atoms with Crippen LogP contribution >= 0.6 is 15.9 Å². The van der Waals surface area contributed by atoms with Gasteiger partial charge in [0.05, 0.1) is 24.5 Å². The number of anilines is 1. The van der Waals surface area contributed by atoms with E-state index < -0.39 is 0 Å². The Morgan fingerprint density at radius 1 is 1.55 bits per heavy atom.